The van der Waals surface area contributed by atoms with Crippen LogP contribution in [-0.2, 0) is 12.5 Å². The third-order valence-electron chi connectivity index (χ3n) is 2.41. The molecule has 0 saturated heterocycles. The first-order valence-corrected chi connectivity index (χ1v) is 5.52. The molecule has 1 aromatic carbocycles. The molecule has 18 heavy (non-hydrogen) atoms. The average Bonchev–Trinajstić information content (AvgIpc) is 2.34. The van der Waals surface area contributed by atoms with Crippen molar-refractivity contribution in [2.24, 2.45) is 0 Å². The molecule has 0 N–H and O–H groups in total. The van der Waals surface area contributed by atoms with Gasteiger partial charge in [-0.3, -0.25) is 9.36 Å². The Morgan fingerprint density at radius 3 is 2.56 bits per heavy atom. The summed E-state index contributed by atoms with van der Waals surface area (Å²) in [6.45, 7) is -0.764. The maximum absolute atomic E-state index is 13.9. The van der Waals surface area contributed by atoms with Crippen LogP contribution in [0.15, 0.2) is 47.5 Å². The van der Waals surface area contributed by atoms with Crippen LogP contribution in [0.4, 0.5) is 8.78 Å². The van der Waals surface area contributed by atoms with Gasteiger partial charge in [0.25, 0.3) is 11.5 Å². The van der Waals surface area contributed by atoms with Crippen LogP contribution in [0.5, 0.6) is 0 Å². The molecule has 0 bridgehead atoms. The Kier molecular flexibility index (Phi) is 3.43. The second-order valence-electron chi connectivity index (χ2n) is 3.75. The van der Waals surface area contributed by atoms with Crippen LogP contribution in [-0.4, -0.2) is 9.55 Å². The number of alkyl halides is 2. The predicted molar refractivity (Wildman–Crippen MR) is 63.8 cm³/mol. The van der Waals surface area contributed by atoms with Crippen molar-refractivity contribution < 1.29 is 8.78 Å². The van der Waals surface area contributed by atoms with Gasteiger partial charge >= 0.3 is 0 Å². The first-order chi connectivity index (χ1) is 8.49. The number of hydrogen-bond acceptors (Lipinski definition) is 2. The van der Waals surface area contributed by atoms with Gasteiger partial charge in [-0.1, -0.05) is 41.9 Å². The van der Waals surface area contributed by atoms with E-state index in [1.54, 1.807) is 6.07 Å². The van der Waals surface area contributed by atoms with Crippen LogP contribution in [0, 0.1) is 0 Å². The van der Waals surface area contributed by atoms with Gasteiger partial charge < -0.3 is 0 Å². The maximum Gasteiger partial charge on any atom is 0.290 e. The van der Waals surface area contributed by atoms with E-state index in [2.05, 4.69) is 4.98 Å². The number of hydrogen-bond donors (Lipinski definition) is 0. The van der Waals surface area contributed by atoms with Gasteiger partial charge in [0.1, 0.15) is 5.15 Å². The Morgan fingerprint density at radius 1 is 1.28 bits per heavy atom. The van der Waals surface area contributed by atoms with Crippen LogP contribution in [0.3, 0.4) is 0 Å². The van der Waals surface area contributed by atoms with Gasteiger partial charge in [-0.2, -0.15) is 8.78 Å². The van der Waals surface area contributed by atoms with E-state index in [1.165, 1.54) is 24.3 Å². The van der Waals surface area contributed by atoms with Crippen LogP contribution < -0.4 is 5.56 Å². The molecule has 0 amide bonds. The highest BCUT2D eigenvalue weighted by Crippen LogP contribution is 2.28. The molecule has 3 nitrogen and oxygen atoms in total. The number of benzene rings is 1. The molecule has 1 aromatic heterocycles. The molecule has 0 aliphatic carbocycles. The van der Waals surface area contributed by atoms with Crippen LogP contribution in [0.1, 0.15) is 5.56 Å². The van der Waals surface area contributed by atoms with Gasteiger partial charge in [-0.25, -0.2) is 4.98 Å². The molecular formula is C12H9ClF2N2O. The summed E-state index contributed by atoms with van der Waals surface area (Å²) < 4.78 is 28.6. The number of nitrogens with zero attached hydrogens (tertiary/aromatic N) is 2. The van der Waals surface area contributed by atoms with E-state index < -0.39 is 18.0 Å². The Balaban J connectivity index is 2.31. The minimum absolute atomic E-state index is 0.0146. The third kappa shape index (κ3) is 2.73. The molecule has 0 radical (unpaired) electrons. The van der Waals surface area contributed by atoms with E-state index in [0.717, 1.165) is 17.0 Å². The van der Waals surface area contributed by atoms with Crippen molar-refractivity contribution in [2.45, 2.75) is 12.5 Å². The zero-order valence-corrected chi connectivity index (χ0v) is 9.94. The molecule has 1 heterocycles. The molecule has 0 saturated carbocycles. The zero-order chi connectivity index (χ0) is 13.2. The molecular weight excluding hydrogens is 262 g/mol. The Bertz CT molecular complexity index is 599. The topological polar surface area (TPSA) is 34.9 Å². The minimum atomic E-state index is -3.14. The van der Waals surface area contributed by atoms with E-state index in [4.69, 9.17) is 11.6 Å². The Morgan fingerprint density at radius 2 is 1.94 bits per heavy atom. The van der Waals surface area contributed by atoms with Gasteiger partial charge in [-0.15, -0.1) is 0 Å². The van der Waals surface area contributed by atoms with Gasteiger partial charge in [0.15, 0.2) is 0 Å². The van der Waals surface area contributed by atoms with Crippen molar-refractivity contribution in [3.8, 4) is 0 Å². The summed E-state index contributed by atoms with van der Waals surface area (Å²) in [5, 5.41) is -0.0146. The zero-order valence-electron chi connectivity index (χ0n) is 9.19. The smallest absolute Gasteiger partial charge is 0.290 e. The van der Waals surface area contributed by atoms with Gasteiger partial charge in [-0.05, 0) is 0 Å². The summed E-state index contributed by atoms with van der Waals surface area (Å²) in [5.41, 5.74) is -0.752. The van der Waals surface area contributed by atoms with Crippen molar-refractivity contribution in [2.75, 3.05) is 0 Å². The van der Waals surface area contributed by atoms with Crippen molar-refractivity contribution in [1.82, 2.24) is 9.55 Å². The molecule has 0 unspecified atom stereocenters. The third-order valence-corrected chi connectivity index (χ3v) is 2.62. The molecule has 2 aromatic rings. The number of aromatic nitrogens is 2. The fraction of sp³-hybridized carbons (Fsp3) is 0.167. The normalized spacial score (nSPS) is 11.5. The Labute approximate surface area is 107 Å². The summed E-state index contributed by atoms with van der Waals surface area (Å²) in [6, 6.07) is 8.32. The predicted octanol–water partition coefficient (Wildman–Crippen LogP) is 2.69. The van der Waals surface area contributed by atoms with E-state index in [9.17, 15) is 13.6 Å². The van der Waals surface area contributed by atoms with E-state index in [1.807, 2.05) is 0 Å². The largest absolute Gasteiger partial charge is 0.293 e. The van der Waals surface area contributed by atoms with Crippen molar-refractivity contribution in [3.05, 3.63) is 63.8 Å². The molecule has 0 spiro atoms. The summed E-state index contributed by atoms with van der Waals surface area (Å²) in [4.78, 5) is 15.1. The van der Waals surface area contributed by atoms with Crippen molar-refractivity contribution >= 4 is 11.6 Å². The Hall–Kier alpha value is -1.75. The quantitative estimate of drug-likeness (QED) is 0.804. The first kappa shape index (κ1) is 12.7. The summed E-state index contributed by atoms with van der Waals surface area (Å²) in [5.74, 6) is -3.14. The van der Waals surface area contributed by atoms with Crippen molar-refractivity contribution in [3.63, 3.8) is 0 Å². The highest BCUT2D eigenvalue weighted by atomic mass is 35.5. The lowest BCUT2D eigenvalue weighted by molar-refractivity contribution is -0.0234. The molecule has 0 fully saturated rings. The summed E-state index contributed by atoms with van der Waals surface area (Å²) in [7, 11) is 0. The van der Waals surface area contributed by atoms with E-state index in [-0.39, 0.29) is 10.7 Å². The molecule has 0 atom stereocenters. The van der Waals surface area contributed by atoms with E-state index in [0.29, 0.717) is 0 Å². The second kappa shape index (κ2) is 4.86. The second-order valence-corrected chi connectivity index (χ2v) is 4.14. The number of rotatable bonds is 3. The van der Waals surface area contributed by atoms with Crippen LogP contribution in [0.25, 0.3) is 0 Å². The number of halogens is 3. The molecule has 6 heteroatoms. The van der Waals surface area contributed by atoms with Crippen LogP contribution >= 0.6 is 11.6 Å². The standard InChI is InChI=1S/C12H9ClF2N2O/c13-10-6-11(18)17(8-16-10)7-12(14,15)9-4-2-1-3-5-9/h1-6,8H,7H2. The van der Waals surface area contributed by atoms with Gasteiger partial charge in [0.05, 0.1) is 12.9 Å². The van der Waals surface area contributed by atoms with Gasteiger partial charge in [0, 0.05) is 11.6 Å². The monoisotopic (exact) mass is 270 g/mol. The minimum Gasteiger partial charge on any atom is -0.293 e. The maximum atomic E-state index is 13.9. The molecule has 0 aliphatic rings. The molecule has 94 valence electrons. The fourth-order valence-electron chi connectivity index (χ4n) is 1.51. The lowest BCUT2D eigenvalue weighted by atomic mass is 10.1. The fourth-order valence-corrected chi connectivity index (χ4v) is 1.65. The lowest BCUT2D eigenvalue weighted by Crippen LogP contribution is -2.29. The molecule has 2 rings (SSSR count). The van der Waals surface area contributed by atoms with E-state index >= 15 is 0 Å². The van der Waals surface area contributed by atoms with Crippen LogP contribution in [0.2, 0.25) is 5.15 Å². The average molecular weight is 271 g/mol. The highest BCUT2D eigenvalue weighted by molar-refractivity contribution is 6.29. The summed E-state index contributed by atoms with van der Waals surface area (Å²) >= 11 is 5.49. The first-order valence-electron chi connectivity index (χ1n) is 5.14. The SMILES string of the molecule is O=c1cc(Cl)ncn1CC(F)(F)c1ccccc1. The lowest BCUT2D eigenvalue weighted by Gasteiger charge is -2.17. The van der Waals surface area contributed by atoms with Gasteiger partial charge in [0.2, 0.25) is 0 Å². The summed E-state index contributed by atoms with van der Waals surface area (Å²) in [6.07, 6.45) is 1.02. The van der Waals surface area contributed by atoms with Crippen molar-refractivity contribution in [1.29, 1.82) is 0 Å². The molecule has 0 aliphatic heterocycles. The highest BCUT2D eigenvalue weighted by Gasteiger charge is 2.32.